The molecule has 3 saturated heterocycles. The van der Waals surface area contributed by atoms with E-state index < -0.39 is 29.7 Å². The Kier molecular flexibility index (Phi) is 2.88. The van der Waals surface area contributed by atoms with Gasteiger partial charge in [-0.15, -0.1) is 0 Å². The second-order valence-corrected chi connectivity index (χ2v) is 5.88. The normalized spacial score (nSPS) is 47.1. The minimum Gasteiger partial charge on any atom is -0.393 e. The van der Waals surface area contributed by atoms with Gasteiger partial charge >= 0.3 is 0 Å². The van der Waals surface area contributed by atoms with Crippen molar-refractivity contribution in [3.8, 4) is 0 Å². The van der Waals surface area contributed by atoms with E-state index in [-0.39, 0.29) is 31.7 Å². The number of aliphatic hydroxyl groups excluding tert-OH is 1. The molecule has 3 aliphatic heterocycles. The van der Waals surface area contributed by atoms with Crippen LogP contribution in [0.3, 0.4) is 0 Å². The fraction of sp³-hybridized carbons (Fsp3) is 0.917. The van der Waals surface area contributed by atoms with Gasteiger partial charge in [-0.25, -0.2) is 0 Å². The minimum absolute atomic E-state index is 0.104. The Morgan fingerprint density at radius 1 is 1.37 bits per heavy atom. The predicted molar refractivity (Wildman–Crippen MR) is 61.8 cm³/mol. The van der Waals surface area contributed by atoms with E-state index in [0.29, 0.717) is 0 Å². The zero-order valence-electron chi connectivity index (χ0n) is 11.0. The average Bonchev–Trinajstić information content (AvgIpc) is 2.85. The molecule has 0 unspecified atom stereocenters. The van der Waals surface area contributed by atoms with Gasteiger partial charge in [0.1, 0.15) is 11.7 Å². The highest BCUT2D eigenvalue weighted by molar-refractivity contribution is 5.74. The van der Waals surface area contributed by atoms with E-state index in [1.807, 2.05) is 0 Å². The maximum absolute atomic E-state index is 11.2. The van der Waals surface area contributed by atoms with Gasteiger partial charge in [-0.05, 0) is 13.8 Å². The number of fused-ring (bicyclic) bond motifs is 4. The van der Waals surface area contributed by atoms with Crippen molar-refractivity contribution in [1.29, 1.82) is 0 Å². The van der Waals surface area contributed by atoms with Crippen molar-refractivity contribution >= 4 is 5.91 Å². The van der Waals surface area contributed by atoms with Gasteiger partial charge in [0.2, 0.25) is 5.91 Å². The van der Waals surface area contributed by atoms with Crippen molar-refractivity contribution in [2.24, 2.45) is 11.7 Å². The molecule has 2 bridgehead atoms. The molecule has 1 amide bonds. The van der Waals surface area contributed by atoms with E-state index in [1.54, 1.807) is 13.8 Å². The Hall–Kier alpha value is -0.730. The molecule has 3 rings (SSSR count). The van der Waals surface area contributed by atoms with Gasteiger partial charge in [0, 0.05) is 12.3 Å². The summed E-state index contributed by atoms with van der Waals surface area (Å²) in [5, 5.41) is 9.62. The quantitative estimate of drug-likeness (QED) is 0.692. The van der Waals surface area contributed by atoms with Gasteiger partial charge in [-0.3, -0.25) is 4.79 Å². The molecule has 0 aromatic rings. The number of rotatable bonds is 3. The van der Waals surface area contributed by atoms with Crippen LogP contribution in [0.15, 0.2) is 0 Å². The topological polar surface area (TPSA) is 100 Å². The standard InChI is InChI=1S/C12H19NO6/c1-11(2)17-8-6(3-7(13)15)10-16-5-12(4-14,19-10)9(8)18-11/h6,8-10,14H,3-5H2,1-2H3,(H2,13,15)/t6-,8-,9-,10+,12-/m1/s1. The number of carbonyl (C=O) groups excluding carboxylic acids is 1. The molecule has 0 saturated carbocycles. The van der Waals surface area contributed by atoms with Crippen molar-refractivity contribution in [2.75, 3.05) is 13.2 Å². The fourth-order valence-electron chi connectivity index (χ4n) is 3.16. The van der Waals surface area contributed by atoms with Crippen LogP contribution >= 0.6 is 0 Å². The predicted octanol–water partition coefficient (Wildman–Crippen LogP) is -0.884. The number of aliphatic hydroxyl groups is 1. The van der Waals surface area contributed by atoms with Crippen LogP contribution < -0.4 is 5.73 Å². The molecule has 5 atom stereocenters. The van der Waals surface area contributed by atoms with Crippen LogP contribution in [-0.2, 0) is 23.7 Å². The Bertz CT molecular complexity index is 400. The Balaban J connectivity index is 1.92. The van der Waals surface area contributed by atoms with Gasteiger partial charge < -0.3 is 29.8 Å². The highest BCUT2D eigenvalue weighted by Crippen LogP contribution is 2.49. The number of primary amides is 1. The summed E-state index contributed by atoms with van der Waals surface area (Å²) >= 11 is 0. The molecule has 7 heteroatoms. The lowest BCUT2D eigenvalue weighted by Crippen LogP contribution is -2.59. The number of hydrogen-bond acceptors (Lipinski definition) is 6. The van der Waals surface area contributed by atoms with E-state index in [0.717, 1.165) is 0 Å². The molecular formula is C12H19NO6. The highest BCUT2D eigenvalue weighted by Gasteiger charge is 2.65. The van der Waals surface area contributed by atoms with Crippen LogP contribution in [0.5, 0.6) is 0 Å². The lowest BCUT2D eigenvalue weighted by Gasteiger charge is -2.41. The summed E-state index contributed by atoms with van der Waals surface area (Å²) in [5.41, 5.74) is 4.37. The molecule has 0 aliphatic carbocycles. The number of carbonyl (C=O) groups is 1. The van der Waals surface area contributed by atoms with E-state index in [4.69, 9.17) is 24.7 Å². The molecule has 3 N–H and O–H groups in total. The van der Waals surface area contributed by atoms with Crippen molar-refractivity contribution in [1.82, 2.24) is 0 Å². The van der Waals surface area contributed by atoms with E-state index in [9.17, 15) is 9.90 Å². The monoisotopic (exact) mass is 273 g/mol. The largest absolute Gasteiger partial charge is 0.393 e. The summed E-state index contributed by atoms with van der Waals surface area (Å²) in [6.07, 6.45) is -1.31. The van der Waals surface area contributed by atoms with Crippen LogP contribution in [-0.4, -0.2) is 54.1 Å². The summed E-state index contributed by atoms with van der Waals surface area (Å²) in [6.45, 7) is 3.61. The van der Waals surface area contributed by atoms with Crippen molar-refractivity contribution in [2.45, 2.75) is 50.2 Å². The molecule has 3 heterocycles. The highest BCUT2D eigenvalue weighted by atomic mass is 16.8. The lowest BCUT2D eigenvalue weighted by molar-refractivity contribution is -0.221. The molecule has 3 aliphatic rings. The zero-order chi connectivity index (χ0) is 13.8. The van der Waals surface area contributed by atoms with Gasteiger partial charge in [-0.2, -0.15) is 0 Å². The van der Waals surface area contributed by atoms with Crippen molar-refractivity contribution < 1.29 is 28.8 Å². The molecule has 0 spiro atoms. The van der Waals surface area contributed by atoms with Crippen molar-refractivity contribution in [3.63, 3.8) is 0 Å². The molecule has 108 valence electrons. The van der Waals surface area contributed by atoms with Gasteiger partial charge in [-0.1, -0.05) is 0 Å². The number of ether oxygens (including phenoxy) is 4. The van der Waals surface area contributed by atoms with Crippen molar-refractivity contribution in [3.05, 3.63) is 0 Å². The SMILES string of the molecule is CC1(C)O[C@@H]2[C@@H](CC(N)=O)[C@H]3OC[C@@](CO)(O3)[C@@H]2O1. The van der Waals surface area contributed by atoms with Gasteiger partial charge in [0.25, 0.3) is 0 Å². The van der Waals surface area contributed by atoms with Crippen LogP contribution in [0, 0.1) is 5.92 Å². The van der Waals surface area contributed by atoms with Gasteiger partial charge in [0.15, 0.2) is 12.1 Å². The number of hydrogen-bond donors (Lipinski definition) is 2. The molecule has 3 fully saturated rings. The first kappa shape index (κ1) is 13.3. The van der Waals surface area contributed by atoms with E-state index in [1.165, 1.54) is 0 Å². The first-order valence-electron chi connectivity index (χ1n) is 6.41. The second kappa shape index (κ2) is 4.13. The minimum atomic E-state index is -0.906. The van der Waals surface area contributed by atoms with Crippen LogP contribution in [0.1, 0.15) is 20.3 Å². The fourth-order valence-corrected chi connectivity index (χ4v) is 3.16. The molecule has 0 aromatic heterocycles. The smallest absolute Gasteiger partial charge is 0.217 e. The maximum Gasteiger partial charge on any atom is 0.217 e. The second-order valence-electron chi connectivity index (χ2n) is 5.88. The first-order chi connectivity index (χ1) is 8.87. The van der Waals surface area contributed by atoms with E-state index in [2.05, 4.69) is 0 Å². The summed E-state index contributed by atoms with van der Waals surface area (Å²) in [6, 6.07) is 0. The number of amides is 1. The van der Waals surface area contributed by atoms with E-state index >= 15 is 0 Å². The van der Waals surface area contributed by atoms with Gasteiger partial charge in [0.05, 0.1) is 19.3 Å². The zero-order valence-corrected chi connectivity index (χ0v) is 11.0. The molecule has 0 aromatic carbocycles. The number of nitrogens with two attached hydrogens (primary N) is 1. The first-order valence-corrected chi connectivity index (χ1v) is 6.41. The maximum atomic E-state index is 11.2. The molecule has 0 radical (unpaired) electrons. The lowest BCUT2D eigenvalue weighted by atomic mass is 9.83. The summed E-state index contributed by atoms with van der Waals surface area (Å²) in [5.74, 6) is -1.53. The summed E-state index contributed by atoms with van der Waals surface area (Å²) < 4.78 is 23.0. The Labute approximate surface area is 110 Å². The van der Waals surface area contributed by atoms with Crippen LogP contribution in [0.25, 0.3) is 0 Å². The third kappa shape index (κ3) is 1.96. The third-order valence-corrected chi connectivity index (χ3v) is 3.97. The Morgan fingerprint density at radius 3 is 2.74 bits per heavy atom. The summed E-state index contributed by atoms with van der Waals surface area (Å²) in [7, 11) is 0. The molecule has 19 heavy (non-hydrogen) atoms. The summed E-state index contributed by atoms with van der Waals surface area (Å²) in [4.78, 5) is 11.2. The third-order valence-electron chi connectivity index (χ3n) is 3.97. The molecular weight excluding hydrogens is 254 g/mol. The van der Waals surface area contributed by atoms with Crippen LogP contribution in [0.2, 0.25) is 0 Å². The average molecular weight is 273 g/mol. The molecule has 7 nitrogen and oxygen atoms in total. The Morgan fingerprint density at radius 2 is 2.11 bits per heavy atom. The van der Waals surface area contributed by atoms with Crippen LogP contribution in [0.4, 0.5) is 0 Å².